The van der Waals surface area contributed by atoms with Gasteiger partial charge in [0.25, 0.3) is 0 Å². The van der Waals surface area contributed by atoms with Crippen LogP contribution in [0.25, 0.3) is 11.0 Å². The summed E-state index contributed by atoms with van der Waals surface area (Å²) in [6.07, 6.45) is 2.56. The number of hydrogen-bond donors (Lipinski definition) is 2. The van der Waals surface area contributed by atoms with Crippen molar-refractivity contribution in [3.63, 3.8) is 0 Å². The van der Waals surface area contributed by atoms with Gasteiger partial charge in [-0.05, 0) is 12.1 Å². The minimum atomic E-state index is 0.712. The number of aromatic nitrogens is 2. The van der Waals surface area contributed by atoms with Crippen molar-refractivity contribution in [3.8, 4) is 0 Å². The molecule has 2 aromatic rings. The fourth-order valence-corrected chi connectivity index (χ4v) is 1.34. The average Bonchev–Trinajstić information content (AvgIpc) is 2.49. The molecule has 1 aromatic carbocycles. The van der Waals surface area contributed by atoms with Gasteiger partial charge in [0.1, 0.15) is 11.3 Å². The van der Waals surface area contributed by atoms with Crippen molar-refractivity contribution in [2.24, 2.45) is 0 Å². The molecule has 3 N–H and O–H groups in total. The number of imidazole rings is 1. The van der Waals surface area contributed by atoms with E-state index in [0.717, 1.165) is 23.3 Å². The van der Waals surface area contributed by atoms with Crippen LogP contribution in [0.4, 0.5) is 5.69 Å². The van der Waals surface area contributed by atoms with Gasteiger partial charge in [0, 0.05) is 6.42 Å². The summed E-state index contributed by atoms with van der Waals surface area (Å²) in [5.41, 5.74) is 8.30. The molecule has 0 saturated heterocycles. The molecule has 0 atom stereocenters. The van der Waals surface area contributed by atoms with Gasteiger partial charge in [0.15, 0.2) is 0 Å². The van der Waals surface area contributed by atoms with Crippen molar-refractivity contribution in [3.05, 3.63) is 36.7 Å². The molecule has 1 aromatic heterocycles. The van der Waals surface area contributed by atoms with E-state index in [1.54, 1.807) is 0 Å². The van der Waals surface area contributed by atoms with Crippen LogP contribution in [-0.2, 0) is 6.42 Å². The van der Waals surface area contributed by atoms with Crippen LogP contribution in [0.3, 0.4) is 0 Å². The highest BCUT2D eigenvalue weighted by atomic mass is 14.9. The van der Waals surface area contributed by atoms with Crippen LogP contribution in [0.5, 0.6) is 0 Å². The highest BCUT2D eigenvalue weighted by molar-refractivity contribution is 5.86. The normalized spacial score (nSPS) is 10.5. The number of benzene rings is 1. The van der Waals surface area contributed by atoms with Crippen molar-refractivity contribution in [2.75, 3.05) is 5.73 Å². The Hall–Kier alpha value is -1.77. The van der Waals surface area contributed by atoms with Gasteiger partial charge in [-0.3, -0.25) is 0 Å². The van der Waals surface area contributed by atoms with Crippen molar-refractivity contribution in [2.45, 2.75) is 6.42 Å². The first-order valence-corrected chi connectivity index (χ1v) is 4.15. The van der Waals surface area contributed by atoms with Gasteiger partial charge in [0.05, 0.1) is 11.2 Å². The number of rotatable bonds is 2. The zero-order valence-corrected chi connectivity index (χ0v) is 7.25. The molecule has 1 heterocycles. The van der Waals surface area contributed by atoms with Gasteiger partial charge >= 0.3 is 0 Å². The summed E-state index contributed by atoms with van der Waals surface area (Å²) in [6, 6.07) is 5.72. The predicted octanol–water partition coefficient (Wildman–Crippen LogP) is 1.87. The van der Waals surface area contributed by atoms with Crippen molar-refractivity contribution in [1.82, 2.24) is 9.97 Å². The summed E-state index contributed by atoms with van der Waals surface area (Å²) in [7, 11) is 0. The molecule has 13 heavy (non-hydrogen) atoms. The molecule has 0 fully saturated rings. The second-order valence-corrected chi connectivity index (χ2v) is 2.92. The van der Waals surface area contributed by atoms with E-state index in [0.29, 0.717) is 5.69 Å². The minimum Gasteiger partial charge on any atom is -0.397 e. The molecular formula is C10H11N3. The van der Waals surface area contributed by atoms with Gasteiger partial charge < -0.3 is 10.7 Å². The lowest BCUT2D eigenvalue weighted by atomic mass is 10.3. The summed E-state index contributed by atoms with van der Waals surface area (Å²) < 4.78 is 0. The molecule has 0 aliphatic carbocycles. The maximum Gasteiger partial charge on any atom is 0.111 e. The fraction of sp³-hybridized carbons (Fsp3) is 0.100. The number of aromatic amines is 1. The number of para-hydroxylation sites is 1. The van der Waals surface area contributed by atoms with E-state index in [-0.39, 0.29) is 0 Å². The Labute approximate surface area is 76.3 Å². The number of hydrogen-bond acceptors (Lipinski definition) is 2. The Morgan fingerprint density at radius 1 is 1.54 bits per heavy atom. The fourth-order valence-electron chi connectivity index (χ4n) is 1.34. The van der Waals surface area contributed by atoms with Gasteiger partial charge in [-0.25, -0.2) is 4.98 Å². The summed E-state index contributed by atoms with van der Waals surface area (Å²) in [6.45, 7) is 3.66. The largest absolute Gasteiger partial charge is 0.397 e. The van der Waals surface area contributed by atoms with E-state index in [1.165, 1.54) is 0 Å². The summed E-state index contributed by atoms with van der Waals surface area (Å²) in [5, 5.41) is 0. The first-order chi connectivity index (χ1) is 6.31. The second kappa shape index (κ2) is 2.94. The molecular weight excluding hydrogens is 162 g/mol. The maximum atomic E-state index is 5.76. The summed E-state index contributed by atoms with van der Waals surface area (Å²) in [5.74, 6) is 0.905. The van der Waals surface area contributed by atoms with E-state index in [9.17, 15) is 0 Å². The quantitative estimate of drug-likeness (QED) is 0.538. The van der Waals surface area contributed by atoms with Gasteiger partial charge in [-0.1, -0.05) is 12.1 Å². The third-order valence-electron chi connectivity index (χ3n) is 1.93. The standard InChI is InChI=1S/C10H11N3/c1-2-4-9-12-8-6-3-5-7(11)10(8)13-9/h2-3,5-6H,1,4,11H2,(H,12,13). The molecule has 3 heteroatoms. The van der Waals surface area contributed by atoms with Crippen LogP contribution >= 0.6 is 0 Å². The number of nitrogens with zero attached hydrogens (tertiary/aromatic N) is 1. The van der Waals surface area contributed by atoms with E-state index in [2.05, 4.69) is 16.5 Å². The SMILES string of the molecule is C=CCc1nc2c(N)cccc2[nH]1. The third-order valence-corrected chi connectivity index (χ3v) is 1.93. The highest BCUT2D eigenvalue weighted by Gasteiger charge is 2.02. The molecule has 0 bridgehead atoms. The van der Waals surface area contributed by atoms with Crippen LogP contribution in [0.1, 0.15) is 5.82 Å². The number of nitrogens with one attached hydrogen (secondary N) is 1. The van der Waals surface area contributed by atoms with Crippen molar-refractivity contribution >= 4 is 16.7 Å². The number of anilines is 1. The van der Waals surface area contributed by atoms with Crippen LogP contribution in [0, 0.1) is 0 Å². The Morgan fingerprint density at radius 2 is 2.38 bits per heavy atom. The Morgan fingerprint density at radius 3 is 3.08 bits per heavy atom. The summed E-state index contributed by atoms with van der Waals surface area (Å²) >= 11 is 0. The summed E-state index contributed by atoms with van der Waals surface area (Å²) in [4.78, 5) is 7.53. The average molecular weight is 173 g/mol. The number of fused-ring (bicyclic) bond motifs is 1. The van der Waals surface area contributed by atoms with E-state index >= 15 is 0 Å². The van der Waals surface area contributed by atoms with Gasteiger partial charge in [-0.15, -0.1) is 6.58 Å². The first kappa shape index (κ1) is 7.86. The highest BCUT2D eigenvalue weighted by Crippen LogP contribution is 2.17. The molecule has 2 rings (SSSR count). The molecule has 0 radical (unpaired) electrons. The van der Waals surface area contributed by atoms with E-state index in [1.807, 2.05) is 24.3 Å². The van der Waals surface area contributed by atoms with E-state index in [4.69, 9.17) is 5.73 Å². The molecule has 0 saturated carbocycles. The monoisotopic (exact) mass is 173 g/mol. The number of allylic oxidation sites excluding steroid dienone is 1. The van der Waals surface area contributed by atoms with Crippen LogP contribution < -0.4 is 5.73 Å². The van der Waals surface area contributed by atoms with Crippen LogP contribution in [0.15, 0.2) is 30.9 Å². The Balaban J connectivity index is 2.61. The molecule has 0 aliphatic rings. The second-order valence-electron chi connectivity index (χ2n) is 2.92. The zero-order chi connectivity index (χ0) is 9.26. The third kappa shape index (κ3) is 1.28. The smallest absolute Gasteiger partial charge is 0.111 e. The Bertz CT molecular complexity index is 442. The molecule has 0 spiro atoms. The number of H-pyrrole nitrogens is 1. The zero-order valence-electron chi connectivity index (χ0n) is 7.25. The molecule has 0 amide bonds. The van der Waals surface area contributed by atoms with Gasteiger partial charge in [-0.2, -0.15) is 0 Å². The lowest BCUT2D eigenvalue weighted by Crippen LogP contribution is -1.85. The Kier molecular flexibility index (Phi) is 1.77. The van der Waals surface area contributed by atoms with Crippen LogP contribution in [-0.4, -0.2) is 9.97 Å². The van der Waals surface area contributed by atoms with Crippen LogP contribution in [0.2, 0.25) is 0 Å². The first-order valence-electron chi connectivity index (χ1n) is 4.15. The molecule has 3 nitrogen and oxygen atoms in total. The minimum absolute atomic E-state index is 0.712. The lowest BCUT2D eigenvalue weighted by Gasteiger charge is -1.90. The molecule has 66 valence electrons. The van der Waals surface area contributed by atoms with Crippen molar-refractivity contribution < 1.29 is 0 Å². The lowest BCUT2D eigenvalue weighted by molar-refractivity contribution is 1.07. The topological polar surface area (TPSA) is 54.7 Å². The maximum absolute atomic E-state index is 5.76. The number of nitrogen functional groups attached to an aromatic ring is 1. The van der Waals surface area contributed by atoms with Crippen molar-refractivity contribution in [1.29, 1.82) is 0 Å². The molecule has 0 aliphatic heterocycles. The number of nitrogens with two attached hydrogens (primary N) is 1. The van der Waals surface area contributed by atoms with Gasteiger partial charge in [0.2, 0.25) is 0 Å². The molecule has 0 unspecified atom stereocenters. The van der Waals surface area contributed by atoms with E-state index < -0.39 is 0 Å². The predicted molar refractivity (Wildman–Crippen MR) is 54.4 cm³/mol.